The van der Waals surface area contributed by atoms with Crippen molar-refractivity contribution in [3.8, 4) is 23.0 Å². The van der Waals surface area contributed by atoms with Gasteiger partial charge in [0.25, 0.3) is 0 Å². The molecule has 0 bridgehead atoms. The van der Waals surface area contributed by atoms with Gasteiger partial charge in [-0.15, -0.1) is 0 Å². The Bertz CT molecular complexity index is 1320. The van der Waals surface area contributed by atoms with Crippen molar-refractivity contribution in [3.63, 3.8) is 0 Å². The summed E-state index contributed by atoms with van der Waals surface area (Å²) in [5, 5.41) is 10.2. The summed E-state index contributed by atoms with van der Waals surface area (Å²) in [4.78, 5) is 8.99. The van der Waals surface area contributed by atoms with Crippen molar-refractivity contribution < 1.29 is 13.2 Å². The highest BCUT2D eigenvalue weighted by atomic mass is 32.2. The van der Waals surface area contributed by atoms with Crippen molar-refractivity contribution >= 4 is 27.3 Å². The highest BCUT2D eigenvalue weighted by Gasteiger charge is 2.12. The number of anilines is 3. The first-order chi connectivity index (χ1) is 15.9. The van der Waals surface area contributed by atoms with E-state index in [9.17, 15) is 8.42 Å². The number of sulfonamides is 1. The first kappa shape index (κ1) is 22.3. The van der Waals surface area contributed by atoms with Crippen molar-refractivity contribution in [2.45, 2.75) is 20.3 Å². The van der Waals surface area contributed by atoms with E-state index in [1.807, 2.05) is 56.3 Å². The molecule has 10 heteroatoms. The second-order valence-corrected chi connectivity index (χ2v) is 9.24. The predicted octanol–water partition coefficient (Wildman–Crippen LogP) is 4.86. The highest BCUT2D eigenvalue weighted by Crippen LogP contribution is 2.27. The van der Waals surface area contributed by atoms with Gasteiger partial charge in [-0.05, 0) is 37.6 Å². The third kappa shape index (κ3) is 6.07. The standard InChI is InChI=1S/C23H24N6O3S/c1-3-13-33(30,31)29-18-9-11-19(12-10-18)32-23-24-20(17-7-5-4-6-8-17)15-21(26-23)25-22-14-16(2)27-28-22/h4-12,14-15,29H,3,13H2,1-2H3,(H2,24,25,26,27,28). The van der Waals surface area contributed by atoms with Crippen molar-refractivity contribution in [2.24, 2.45) is 0 Å². The Balaban J connectivity index is 1.59. The fourth-order valence-corrected chi connectivity index (χ4v) is 4.24. The number of H-pyrrole nitrogens is 1. The number of benzene rings is 2. The number of aromatic nitrogens is 4. The quantitative estimate of drug-likeness (QED) is 0.323. The van der Waals surface area contributed by atoms with Crippen LogP contribution in [-0.2, 0) is 10.0 Å². The Morgan fingerprint density at radius 2 is 1.73 bits per heavy atom. The van der Waals surface area contributed by atoms with Crippen LogP contribution in [0, 0.1) is 6.92 Å². The third-order valence-corrected chi connectivity index (χ3v) is 6.04. The number of aromatic amines is 1. The Morgan fingerprint density at radius 3 is 2.39 bits per heavy atom. The van der Waals surface area contributed by atoms with Crippen molar-refractivity contribution in [3.05, 3.63) is 72.4 Å². The molecule has 2 aromatic heterocycles. The summed E-state index contributed by atoms with van der Waals surface area (Å²) in [6.45, 7) is 3.73. The van der Waals surface area contributed by atoms with Crippen molar-refractivity contribution in [1.82, 2.24) is 20.2 Å². The maximum absolute atomic E-state index is 12.0. The number of rotatable bonds is 9. The molecule has 0 amide bonds. The van der Waals surface area contributed by atoms with Gasteiger partial charge < -0.3 is 10.1 Å². The van der Waals surface area contributed by atoms with Crippen LogP contribution in [0.4, 0.5) is 17.3 Å². The molecule has 9 nitrogen and oxygen atoms in total. The predicted molar refractivity (Wildman–Crippen MR) is 128 cm³/mol. The minimum atomic E-state index is -3.36. The van der Waals surface area contributed by atoms with Crippen LogP contribution in [0.3, 0.4) is 0 Å². The lowest BCUT2D eigenvalue weighted by Crippen LogP contribution is -2.15. The summed E-state index contributed by atoms with van der Waals surface area (Å²) in [5.74, 6) is 1.69. The minimum Gasteiger partial charge on any atom is -0.424 e. The molecule has 3 N–H and O–H groups in total. The molecule has 0 aliphatic heterocycles. The van der Waals surface area contributed by atoms with Gasteiger partial charge >= 0.3 is 6.01 Å². The van der Waals surface area contributed by atoms with Crippen LogP contribution in [0.2, 0.25) is 0 Å². The van der Waals surface area contributed by atoms with E-state index in [0.717, 1.165) is 11.3 Å². The van der Waals surface area contributed by atoms with Gasteiger partial charge in [0.1, 0.15) is 11.6 Å². The molecular formula is C23H24N6O3S. The summed E-state index contributed by atoms with van der Waals surface area (Å²) >= 11 is 0. The van der Waals surface area contributed by atoms with Crippen molar-refractivity contribution in [2.75, 3.05) is 15.8 Å². The van der Waals surface area contributed by atoms with Gasteiger partial charge in [-0.2, -0.15) is 15.1 Å². The van der Waals surface area contributed by atoms with Gasteiger partial charge in [-0.25, -0.2) is 8.42 Å². The monoisotopic (exact) mass is 464 g/mol. The molecular weight excluding hydrogens is 440 g/mol. The number of aryl methyl sites for hydroxylation is 1. The lowest BCUT2D eigenvalue weighted by Gasteiger charge is -2.11. The minimum absolute atomic E-state index is 0.0661. The van der Waals surface area contributed by atoms with E-state index in [0.29, 0.717) is 35.2 Å². The molecule has 4 rings (SSSR count). The zero-order chi connectivity index (χ0) is 23.3. The summed E-state index contributed by atoms with van der Waals surface area (Å²) < 4.78 is 32.4. The summed E-state index contributed by atoms with van der Waals surface area (Å²) in [6, 6.07) is 20.1. The SMILES string of the molecule is CCCS(=O)(=O)Nc1ccc(Oc2nc(Nc3cc(C)[nH]n3)cc(-c3ccccc3)n2)cc1. The second-order valence-electron chi connectivity index (χ2n) is 7.40. The average Bonchev–Trinajstić information content (AvgIpc) is 3.20. The number of nitrogens with zero attached hydrogens (tertiary/aromatic N) is 3. The molecule has 0 unspecified atom stereocenters. The van der Waals surface area contributed by atoms with E-state index in [1.54, 1.807) is 24.3 Å². The van der Waals surface area contributed by atoms with Gasteiger partial charge in [0.05, 0.1) is 11.4 Å². The molecule has 170 valence electrons. The zero-order valence-electron chi connectivity index (χ0n) is 18.2. The number of hydrogen-bond acceptors (Lipinski definition) is 7. The summed E-state index contributed by atoms with van der Waals surface area (Å²) in [7, 11) is -3.36. The van der Waals surface area contributed by atoms with Gasteiger partial charge in [-0.3, -0.25) is 9.82 Å². The Hall–Kier alpha value is -3.92. The van der Waals surface area contributed by atoms with Gasteiger partial charge in [0, 0.05) is 29.1 Å². The van der Waals surface area contributed by atoms with Crippen molar-refractivity contribution in [1.29, 1.82) is 0 Å². The normalized spacial score (nSPS) is 11.2. The molecule has 0 spiro atoms. The molecule has 2 heterocycles. The van der Waals surface area contributed by atoms with Crippen LogP contribution in [0.25, 0.3) is 11.3 Å². The van der Waals surface area contributed by atoms with E-state index >= 15 is 0 Å². The smallest absolute Gasteiger partial charge is 0.324 e. The zero-order valence-corrected chi connectivity index (χ0v) is 19.1. The Labute approximate surface area is 192 Å². The lowest BCUT2D eigenvalue weighted by atomic mass is 10.1. The molecule has 0 saturated heterocycles. The Kier molecular flexibility index (Phi) is 6.55. The molecule has 0 aliphatic carbocycles. The number of hydrogen-bond donors (Lipinski definition) is 3. The molecule has 0 atom stereocenters. The molecule has 0 aliphatic rings. The maximum Gasteiger partial charge on any atom is 0.324 e. The molecule has 2 aromatic carbocycles. The fourth-order valence-electron chi connectivity index (χ4n) is 3.10. The second kappa shape index (κ2) is 9.70. The first-order valence-corrected chi connectivity index (χ1v) is 12.1. The number of ether oxygens (including phenoxy) is 1. The van der Waals surface area contributed by atoms with Crippen LogP contribution in [0.15, 0.2) is 66.7 Å². The van der Waals surface area contributed by atoms with E-state index in [2.05, 4.69) is 30.2 Å². The van der Waals surface area contributed by atoms with Crippen LogP contribution in [0.1, 0.15) is 19.0 Å². The van der Waals surface area contributed by atoms with Gasteiger partial charge in [0.15, 0.2) is 5.82 Å². The summed E-state index contributed by atoms with van der Waals surface area (Å²) in [6.07, 6.45) is 0.542. The average molecular weight is 465 g/mol. The fraction of sp³-hybridized carbons (Fsp3) is 0.174. The van der Waals surface area contributed by atoms with E-state index in [4.69, 9.17) is 4.74 Å². The first-order valence-electron chi connectivity index (χ1n) is 10.4. The van der Waals surface area contributed by atoms with E-state index in [1.165, 1.54) is 0 Å². The van der Waals surface area contributed by atoms with Gasteiger partial charge in [-0.1, -0.05) is 37.3 Å². The van der Waals surface area contributed by atoms with Crippen LogP contribution in [-0.4, -0.2) is 34.3 Å². The Morgan fingerprint density at radius 1 is 0.970 bits per heavy atom. The topological polar surface area (TPSA) is 122 Å². The van der Waals surface area contributed by atoms with Crippen LogP contribution >= 0.6 is 0 Å². The maximum atomic E-state index is 12.0. The van der Waals surface area contributed by atoms with E-state index in [-0.39, 0.29) is 11.8 Å². The third-order valence-electron chi connectivity index (χ3n) is 4.55. The summed E-state index contributed by atoms with van der Waals surface area (Å²) in [5.41, 5.74) is 2.97. The molecule has 33 heavy (non-hydrogen) atoms. The molecule has 0 radical (unpaired) electrons. The largest absolute Gasteiger partial charge is 0.424 e. The molecule has 0 saturated carbocycles. The molecule has 4 aromatic rings. The number of nitrogens with one attached hydrogen (secondary N) is 3. The lowest BCUT2D eigenvalue weighted by molar-refractivity contribution is 0.443. The molecule has 0 fully saturated rings. The van der Waals surface area contributed by atoms with Crippen LogP contribution < -0.4 is 14.8 Å². The van der Waals surface area contributed by atoms with Gasteiger partial charge in [0.2, 0.25) is 10.0 Å². The van der Waals surface area contributed by atoms with E-state index < -0.39 is 10.0 Å². The highest BCUT2D eigenvalue weighted by molar-refractivity contribution is 7.92. The van der Waals surface area contributed by atoms with Crippen LogP contribution in [0.5, 0.6) is 11.8 Å².